The minimum atomic E-state index is -0.357. The summed E-state index contributed by atoms with van der Waals surface area (Å²) in [7, 11) is 1.57. The quantitative estimate of drug-likeness (QED) is 0.834. The van der Waals surface area contributed by atoms with Gasteiger partial charge in [-0.05, 0) is 57.9 Å². The van der Waals surface area contributed by atoms with Crippen LogP contribution >= 0.6 is 11.3 Å². The molecule has 1 aromatic carbocycles. The molecule has 128 valence electrons. The second-order valence-corrected chi connectivity index (χ2v) is 8.18. The molecule has 0 atom stereocenters. The molecule has 3 rings (SSSR count). The zero-order valence-electron chi connectivity index (χ0n) is 14.8. The summed E-state index contributed by atoms with van der Waals surface area (Å²) in [6.07, 6.45) is 2.12. The van der Waals surface area contributed by atoms with E-state index in [4.69, 9.17) is 15.0 Å². The molecule has 1 fully saturated rings. The van der Waals surface area contributed by atoms with Gasteiger partial charge in [0.25, 0.3) is 0 Å². The molecule has 0 unspecified atom stereocenters. The van der Waals surface area contributed by atoms with Crippen molar-refractivity contribution in [3.63, 3.8) is 0 Å². The van der Waals surface area contributed by atoms with Gasteiger partial charge in [-0.2, -0.15) is 0 Å². The number of nitrogens with two attached hydrogens (primary N) is 1. The van der Waals surface area contributed by atoms with Crippen molar-refractivity contribution in [2.45, 2.75) is 38.9 Å². The topological polar surface area (TPSA) is 69.4 Å². The fourth-order valence-electron chi connectivity index (χ4n) is 2.66. The van der Waals surface area contributed by atoms with Crippen molar-refractivity contribution >= 4 is 39.9 Å². The number of thiazole rings is 1. The molecule has 0 aliphatic carbocycles. The van der Waals surface area contributed by atoms with Gasteiger partial charge >= 0.3 is 7.12 Å². The van der Waals surface area contributed by atoms with Gasteiger partial charge < -0.3 is 20.4 Å². The molecule has 1 aliphatic rings. The first-order valence-corrected chi connectivity index (χ1v) is 8.90. The van der Waals surface area contributed by atoms with Crippen molar-refractivity contribution < 1.29 is 9.31 Å². The number of anilines is 1. The molecule has 0 spiro atoms. The number of hydrogen-bond acceptors (Lipinski definition) is 6. The minimum Gasteiger partial charge on any atom is -0.400 e. The minimum absolute atomic E-state index is 0.347. The smallest absolute Gasteiger partial charge is 0.400 e. The Bertz CT molecular complexity index is 769. The lowest BCUT2D eigenvalue weighted by atomic mass is 9.77. The lowest BCUT2D eigenvalue weighted by Gasteiger charge is -2.32. The van der Waals surface area contributed by atoms with Gasteiger partial charge in [0.2, 0.25) is 0 Å². The number of nitrogen functional groups attached to an aromatic ring is 1. The summed E-state index contributed by atoms with van der Waals surface area (Å²) in [5.74, 6) is 0. The molecule has 1 aliphatic heterocycles. The highest BCUT2D eigenvalue weighted by molar-refractivity contribution is 7.22. The predicted molar refractivity (Wildman–Crippen MR) is 102 cm³/mol. The Labute approximate surface area is 147 Å². The molecule has 5 nitrogen and oxygen atoms in total. The van der Waals surface area contributed by atoms with Crippen LogP contribution in [0.15, 0.2) is 23.7 Å². The molecule has 0 bridgehead atoms. The van der Waals surface area contributed by atoms with Crippen molar-refractivity contribution in [2.75, 3.05) is 19.3 Å². The molecule has 2 heterocycles. The van der Waals surface area contributed by atoms with Crippen LogP contribution in [0.25, 0.3) is 16.3 Å². The lowest BCUT2D eigenvalue weighted by Crippen LogP contribution is -2.41. The fourth-order valence-corrected chi connectivity index (χ4v) is 3.45. The van der Waals surface area contributed by atoms with Crippen molar-refractivity contribution in [2.24, 2.45) is 0 Å². The van der Waals surface area contributed by atoms with Gasteiger partial charge in [-0.3, -0.25) is 0 Å². The van der Waals surface area contributed by atoms with E-state index in [1.54, 1.807) is 0 Å². The number of nitrogens with one attached hydrogen (secondary N) is 1. The van der Waals surface area contributed by atoms with Crippen LogP contribution < -0.4 is 11.1 Å². The highest BCUT2D eigenvalue weighted by atomic mass is 32.1. The number of rotatable bonds is 4. The van der Waals surface area contributed by atoms with Crippen LogP contribution in [0.5, 0.6) is 0 Å². The molecule has 24 heavy (non-hydrogen) atoms. The average molecular weight is 345 g/mol. The van der Waals surface area contributed by atoms with Gasteiger partial charge in [-0.25, -0.2) is 4.98 Å². The van der Waals surface area contributed by atoms with Crippen LogP contribution in [0.4, 0.5) is 5.13 Å². The third-order valence-electron chi connectivity index (χ3n) is 4.72. The first-order chi connectivity index (χ1) is 11.2. The fraction of sp³-hybridized carbons (Fsp3) is 0.471. The second kappa shape index (κ2) is 6.15. The summed E-state index contributed by atoms with van der Waals surface area (Å²) in [5.41, 5.74) is 8.18. The Kier molecular flexibility index (Phi) is 4.46. The van der Waals surface area contributed by atoms with Gasteiger partial charge in [0.05, 0.1) is 21.4 Å². The summed E-state index contributed by atoms with van der Waals surface area (Å²) < 4.78 is 13.4. The van der Waals surface area contributed by atoms with Crippen LogP contribution in [0, 0.1) is 0 Å². The summed E-state index contributed by atoms with van der Waals surface area (Å²) in [4.78, 5) is 4.30. The maximum atomic E-state index is 6.18. The van der Waals surface area contributed by atoms with Gasteiger partial charge in [0.15, 0.2) is 5.13 Å². The number of likely N-dealkylation sites (N-methyl/N-ethyl adjacent to an activating group) is 1. The largest absolute Gasteiger partial charge is 0.491 e. The van der Waals surface area contributed by atoms with Crippen LogP contribution in [0.1, 0.15) is 33.3 Å². The first kappa shape index (κ1) is 17.4. The number of benzene rings is 1. The summed E-state index contributed by atoms with van der Waals surface area (Å²) >= 11 is 1.50. The molecule has 3 N–H and O–H groups in total. The third-order valence-corrected chi connectivity index (χ3v) is 5.57. The normalized spacial score (nSPS) is 20.0. The van der Waals surface area contributed by atoms with Crippen molar-refractivity contribution in [1.29, 1.82) is 0 Å². The van der Waals surface area contributed by atoms with E-state index in [2.05, 4.69) is 50.1 Å². The van der Waals surface area contributed by atoms with E-state index in [0.29, 0.717) is 11.7 Å². The number of fused-ring (bicyclic) bond motifs is 1. The number of nitrogens with zero attached hydrogens (tertiary/aromatic N) is 1. The van der Waals surface area contributed by atoms with Crippen LogP contribution in [-0.4, -0.2) is 36.9 Å². The lowest BCUT2D eigenvalue weighted by molar-refractivity contribution is 0.00578. The first-order valence-electron chi connectivity index (χ1n) is 8.08. The predicted octanol–water partition coefficient (Wildman–Crippen LogP) is 3.11. The SMILES string of the molecule is CNCC(=Cc1ccc2nc(N)sc2c1)B1OC(C)(C)C(C)(C)O1. The van der Waals surface area contributed by atoms with Gasteiger partial charge in [-0.15, -0.1) is 0 Å². The Morgan fingerprint density at radius 1 is 1.29 bits per heavy atom. The van der Waals surface area contributed by atoms with Crippen LogP contribution in [0.3, 0.4) is 0 Å². The Hall–Kier alpha value is -1.41. The number of aromatic nitrogens is 1. The monoisotopic (exact) mass is 345 g/mol. The molecular formula is C17H24BN3O2S. The van der Waals surface area contributed by atoms with Gasteiger partial charge in [-0.1, -0.05) is 23.5 Å². The Morgan fingerprint density at radius 3 is 2.58 bits per heavy atom. The van der Waals surface area contributed by atoms with Crippen LogP contribution in [-0.2, 0) is 9.31 Å². The van der Waals surface area contributed by atoms with E-state index in [1.165, 1.54) is 11.3 Å². The maximum Gasteiger partial charge on any atom is 0.491 e. The Morgan fingerprint density at radius 2 is 1.96 bits per heavy atom. The van der Waals surface area contributed by atoms with Crippen LogP contribution in [0.2, 0.25) is 0 Å². The molecule has 0 amide bonds. The zero-order valence-corrected chi connectivity index (χ0v) is 15.7. The standard InChI is InChI=1S/C17H24BN3O2S/c1-16(2)17(3,4)23-18(22-16)12(10-20-5)8-11-6-7-13-14(9-11)24-15(19)21-13/h6-9,20H,10H2,1-5H3,(H2,19,21). The van der Waals surface area contributed by atoms with E-state index < -0.39 is 0 Å². The van der Waals surface area contributed by atoms with E-state index in [1.807, 2.05) is 19.2 Å². The molecule has 1 saturated heterocycles. The Balaban J connectivity index is 1.93. The van der Waals surface area contributed by atoms with E-state index in [-0.39, 0.29) is 18.3 Å². The maximum absolute atomic E-state index is 6.18. The van der Waals surface area contributed by atoms with Crippen molar-refractivity contribution in [3.8, 4) is 0 Å². The van der Waals surface area contributed by atoms with Crippen molar-refractivity contribution in [3.05, 3.63) is 29.2 Å². The summed E-state index contributed by atoms with van der Waals surface area (Å²) in [6.45, 7) is 8.96. The average Bonchev–Trinajstić information content (AvgIpc) is 2.94. The number of hydrogen-bond donors (Lipinski definition) is 2. The summed E-state index contributed by atoms with van der Waals surface area (Å²) in [5, 5.41) is 3.79. The molecule has 0 saturated carbocycles. The highest BCUT2D eigenvalue weighted by Gasteiger charge is 2.52. The van der Waals surface area contributed by atoms with E-state index in [0.717, 1.165) is 21.3 Å². The summed E-state index contributed by atoms with van der Waals surface area (Å²) in [6, 6.07) is 6.14. The van der Waals surface area contributed by atoms with Crippen molar-refractivity contribution in [1.82, 2.24) is 10.3 Å². The highest BCUT2D eigenvalue weighted by Crippen LogP contribution is 2.38. The molecular weight excluding hydrogens is 321 g/mol. The van der Waals surface area contributed by atoms with Gasteiger partial charge in [0.1, 0.15) is 0 Å². The zero-order chi connectivity index (χ0) is 17.5. The molecule has 2 aromatic rings. The molecule has 0 radical (unpaired) electrons. The third kappa shape index (κ3) is 3.21. The van der Waals surface area contributed by atoms with E-state index >= 15 is 0 Å². The van der Waals surface area contributed by atoms with E-state index in [9.17, 15) is 0 Å². The van der Waals surface area contributed by atoms with Gasteiger partial charge in [0, 0.05) is 6.54 Å². The second-order valence-electron chi connectivity index (χ2n) is 7.12. The molecule has 7 heteroatoms. The molecule has 1 aromatic heterocycles.